The molecule has 1 fully saturated rings. The van der Waals surface area contributed by atoms with E-state index in [4.69, 9.17) is 10.5 Å². The Bertz CT molecular complexity index is 381. The standard InChI is InChI=1S/C9H14N4O2S/c1-2-6-5-13(3-4-15-6)8(14)7-11-12-9(10)16-7/h6H,2-5H2,1H3,(H2,10,12). The van der Waals surface area contributed by atoms with Crippen LogP contribution in [-0.2, 0) is 4.74 Å². The summed E-state index contributed by atoms with van der Waals surface area (Å²) in [6, 6.07) is 0. The Kier molecular flexibility index (Phi) is 3.35. The van der Waals surface area contributed by atoms with E-state index in [1.54, 1.807) is 4.90 Å². The number of hydrogen-bond donors (Lipinski definition) is 1. The van der Waals surface area contributed by atoms with Crippen molar-refractivity contribution in [2.45, 2.75) is 19.4 Å². The first kappa shape index (κ1) is 11.3. The van der Waals surface area contributed by atoms with Gasteiger partial charge in [-0.05, 0) is 6.42 Å². The van der Waals surface area contributed by atoms with Crippen molar-refractivity contribution in [3.63, 3.8) is 0 Å². The minimum absolute atomic E-state index is 0.101. The second kappa shape index (κ2) is 4.75. The lowest BCUT2D eigenvalue weighted by atomic mass is 10.2. The predicted molar refractivity (Wildman–Crippen MR) is 60.3 cm³/mol. The van der Waals surface area contributed by atoms with Gasteiger partial charge in [0, 0.05) is 13.1 Å². The maximum Gasteiger partial charge on any atom is 0.285 e. The van der Waals surface area contributed by atoms with Crippen molar-refractivity contribution < 1.29 is 9.53 Å². The van der Waals surface area contributed by atoms with Gasteiger partial charge in [0.15, 0.2) is 0 Å². The van der Waals surface area contributed by atoms with Gasteiger partial charge in [-0.3, -0.25) is 4.79 Å². The van der Waals surface area contributed by atoms with Gasteiger partial charge in [-0.2, -0.15) is 0 Å². The number of amides is 1. The Balaban J connectivity index is 2.04. The second-order valence-corrected chi connectivity index (χ2v) is 4.61. The third-order valence-corrected chi connectivity index (χ3v) is 3.25. The van der Waals surface area contributed by atoms with Crippen LogP contribution in [0.15, 0.2) is 0 Å². The number of ether oxygens (including phenoxy) is 1. The molecule has 1 aromatic heterocycles. The zero-order valence-electron chi connectivity index (χ0n) is 9.05. The van der Waals surface area contributed by atoms with Crippen molar-refractivity contribution >= 4 is 22.4 Å². The monoisotopic (exact) mass is 242 g/mol. The molecule has 1 unspecified atom stereocenters. The van der Waals surface area contributed by atoms with Crippen LogP contribution >= 0.6 is 11.3 Å². The van der Waals surface area contributed by atoms with Crippen LogP contribution in [-0.4, -0.2) is 46.8 Å². The Morgan fingerprint density at radius 2 is 2.50 bits per heavy atom. The van der Waals surface area contributed by atoms with Gasteiger partial charge < -0.3 is 15.4 Å². The molecular weight excluding hydrogens is 228 g/mol. The summed E-state index contributed by atoms with van der Waals surface area (Å²) in [4.78, 5) is 13.7. The summed E-state index contributed by atoms with van der Waals surface area (Å²) in [5, 5.41) is 8.07. The Labute approximate surface area is 97.4 Å². The van der Waals surface area contributed by atoms with Crippen molar-refractivity contribution in [1.29, 1.82) is 0 Å². The van der Waals surface area contributed by atoms with Gasteiger partial charge in [0.1, 0.15) is 0 Å². The first-order valence-electron chi connectivity index (χ1n) is 5.20. The Morgan fingerprint density at radius 3 is 3.12 bits per heavy atom. The van der Waals surface area contributed by atoms with Gasteiger partial charge in [-0.1, -0.05) is 18.3 Å². The molecule has 1 aliphatic rings. The average molecular weight is 242 g/mol. The fourth-order valence-corrected chi connectivity index (χ4v) is 2.18. The number of carbonyl (C=O) groups is 1. The number of anilines is 1. The number of rotatable bonds is 2. The van der Waals surface area contributed by atoms with E-state index >= 15 is 0 Å². The number of aromatic nitrogens is 2. The van der Waals surface area contributed by atoms with Crippen LogP contribution in [0.3, 0.4) is 0 Å². The van der Waals surface area contributed by atoms with Gasteiger partial charge >= 0.3 is 0 Å². The molecule has 0 spiro atoms. The number of nitrogens with zero attached hydrogens (tertiary/aromatic N) is 3. The molecule has 2 heterocycles. The highest BCUT2D eigenvalue weighted by Gasteiger charge is 2.26. The number of hydrogen-bond acceptors (Lipinski definition) is 6. The number of carbonyl (C=O) groups excluding carboxylic acids is 1. The molecule has 0 saturated carbocycles. The van der Waals surface area contributed by atoms with Crippen molar-refractivity contribution in [3.8, 4) is 0 Å². The second-order valence-electron chi connectivity index (χ2n) is 3.60. The van der Waals surface area contributed by atoms with Crippen LogP contribution in [0.4, 0.5) is 5.13 Å². The summed E-state index contributed by atoms with van der Waals surface area (Å²) in [7, 11) is 0. The van der Waals surface area contributed by atoms with Crippen molar-refractivity contribution in [2.24, 2.45) is 0 Å². The van der Waals surface area contributed by atoms with Gasteiger partial charge in [0.2, 0.25) is 10.1 Å². The maximum atomic E-state index is 12.0. The van der Waals surface area contributed by atoms with Crippen LogP contribution in [0, 0.1) is 0 Å². The summed E-state index contributed by atoms with van der Waals surface area (Å²) >= 11 is 1.12. The molecule has 2 N–H and O–H groups in total. The summed E-state index contributed by atoms with van der Waals surface area (Å²) in [6.45, 7) is 3.85. The maximum absolute atomic E-state index is 12.0. The first-order valence-corrected chi connectivity index (χ1v) is 6.02. The van der Waals surface area contributed by atoms with Crippen molar-refractivity contribution in [1.82, 2.24) is 15.1 Å². The van der Waals surface area contributed by atoms with E-state index in [9.17, 15) is 4.79 Å². The zero-order chi connectivity index (χ0) is 11.5. The topological polar surface area (TPSA) is 81.3 Å². The van der Waals surface area contributed by atoms with Crippen LogP contribution in [0.5, 0.6) is 0 Å². The zero-order valence-corrected chi connectivity index (χ0v) is 9.87. The molecule has 0 aromatic carbocycles. The smallest absolute Gasteiger partial charge is 0.285 e. The lowest BCUT2D eigenvalue weighted by molar-refractivity contribution is -0.0226. The van der Waals surface area contributed by atoms with E-state index in [0.29, 0.717) is 29.8 Å². The van der Waals surface area contributed by atoms with Crippen LogP contribution in [0.2, 0.25) is 0 Å². The van der Waals surface area contributed by atoms with E-state index in [-0.39, 0.29) is 12.0 Å². The quantitative estimate of drug-likeness (QED) is 0.810. The highest BCUT2D eigenvalue weighted by molar-refractivity contribution is 7.16. The number of morpholine rings is 1. The third kappa shape index (κ3) is 2.30. The molecule has 2 rings (SSSR count). The molecule has 16 heavy (non-hydrogen) atoms. The van der Waals surface area contributed by atoms with E-state index in [2.05, 4.69) is 10.2 Å². The van der Waals surface area contributed by atoms with Gasteiger partial charge in [-0.25, -0.2) is 0 Å². The highest BCUT2D eigenvalue weighted by atomic mass is 32.1. The number of nitrogens with two attached hydrogens (primary N) is 1. The molecule has 1 aromatic rings. The lowest BCUT2D eigenvalue weighted by Crippen LogP contribution is -2.45. The SMILES string of the molecule is CCC1CN(C(=O)c2nnc(N)s2)CCO1. The van der Waals surface area contributed by atoms with Crippen LogP contribution in [0.25, 0.3) is 0 Å². The van der Waals surface area contributed by atoms with Gasteiger partial charge in [-0.15, -0.1) is 10.2 Å². The summed E-state index contributed by atoms with van der Waals surface area (Å²) in [5.74, 6) is -0.101. The van der Waals surface area contributed by atoms with E-state index < -0.39 is 0 Å². The van der Waals surface area contributed by atoms with Crippen LogP contribution in [0.1, 0.15) is 23.1 Å². The molecule has 1 aliphatic heterocycles. The Morgan fingerprint density at radius 1 is 1.69 bits per heavy atom. The third-order valence-electron chi connectivity index (χ3n) is 2.50. The van der Waals surface area contributed by atoms with Crippen molar-refractivity contribution in [2.75, 3.05) is 25.4 Å². The Hall–Kier alpha value is -1.21. The van der Waals surface area contributed by atoms with Gasteiger partial charge in [0.05, 0.1) is 12.7 Å². The molecule has 0 radical (unpaired) electrons. The lowest BCUT2D eigenvalue weighted by Gasteiger charge is -2.31. The molecule has 1 atom stereocenters. The molecular formula is C9H14N4O2S. The predicted octanol–water partition coefficient (Wildman–Crippen LogP) is 0.371. The van der Waals surface area contributed by atoms with Crippen molar-refractivity contribution in [3.05, 3.63) is 5.01 Å². The summed E-state index contributed by atoms with van der Waals surface area (Å²) < 4.78 is 5.50. The minimum Gasteiger partial charge on any atom is -0.375 e. The normalized spacial score (nSPS) is 21.1. The van der Waals surface area contributed by atoms with Gasteiger partial charge in [0.25, 0.3) is 5.91 Å². The molecule has 88 valence electrons. The first-order chi connectivity index (χ1) is 7.70. The number of nitrogen functional groups attached to an aromatic ring is 1. The molecule has 7 heteroatoms. The molecule has 0 bridgehead atoms. The largest absolute Gasteiger partial charge is 0.375 e. The molecule has 1 saturated heterocycles. The summed E-state index contributed by atoms with van der Waals surface area (Å²) in [5.41, 5.74) is 5.45. The van der Waals surface area contributed by atoms with E-state index in [0.717, 1.165) is 17.8 Å². The molecule has 0 aliphatic carbocycles. The average Bonchev–Trinajstić information content (AvgIpc) is 2.75. The fraction of sp³-hybridized carbons (Fsp3) is 0.667. The van der Waals surface area contributed by atoms with Crippen LogP contribution < -0.4 is 5.73 Å². The fourth-order valence-electron chi connectivity index (χ4n) is 1.61. The molecule has 6 nitrogen and oxygen atoms in total. The minimum atomic E-state index is -0.101. The summed E-state index contributed by atoms with van der Waals surface area (Å²) in [6.07, 6.45) is 1.03. The van der Waals surface area contributed by atoms with E-state index in [1.807, 2.05) is 6.92 Å². The highest BCUT2D eigenvalue weighted by Crippen LogP contribution is 2.16. The molecule has 1 amide bonds. The van der Waals surface area contributed by atoms with E-state index in [1.165, 1.54) is 0 Å².